The Bertz CT molecular complexity index is 761. The van der Waals surface area contributed by atoms with Crippen LogP contribution in [0.5, 0.6) is 0 Å². The van der Waals surface area contributed by atoms with E-state index in [0.29, 0.717) is 6.42 Å². The lowest BCUT2D eigenvalue weighted by atomic mass is 9.95. The van der Waals surface area contributed by atoms with Gasteiger partial charge in [-0.2, -0.15) is 0 Å². The second kappa shape index (κ2) is 8.13. The predicted octanol–water partition coefficient (Wildman–Crippen LogP) is 4.82. The second-order valence-corrected chi connectivity index (χ2v) is 6.61. The Morgan fingerprint density at radius 3 is 2.58 bits per heavy atom. The first kappa shape index (κ1) is 18.1. The topological polar surface area (TPSA) is 46.6 Å². The monoisotopic (exact) mass is 355 g/mol. The molecule has 4 nitrogen and oxygen atoms in total. The molecule has 1 aliphatic rings. The molecule has 0 spiro atoms. The van der Waals surface area contributed by atoms with E-state index in [1.807, 2.05) is 30.3 Å². The summed E-state index contributed by atoms with van der Waals surface area (Å²) < 4.78 is 18.1. The fraction of sp³-hybridized carbons (Fsp3) is 0.333. The van der Waals surface area contributed by atoms with Crippen LogP contribution in [0.4, 0.5) is 9.18 Å². The van der Waals surface area contributed by atoms with Gasteiger partial charge in [0.2, 0.25) is 5.91 Å². The third kappa shape index (κ3) is 4.10. The highest BCUT2D eigenvalue weighted by Crippen LogP contribution is 2.29. The summed E-state index contributed by atoms with van der Waals surface area (Å²) in [6, 6.07) is 15.5. The molecule has 1 saturated heterocycles. The van der Waals surface area contributed by atoms with Gasteiger partial charge in [0, 0.05) is 6.42 Å². The third-order valence-corrected chi connectivity index (χ3v) is 4.79. The summed E-state index contributed by atoms with van der Waals surface area (Å²) >= 11 is 0. The summed E-state index contributed by atoms with van der Waals surface area (Å²) in [6.07, 6.45) is 1.15. The number of halogens is 1. The normalized spacial score (nSPS) is 17.8. The molecule has 2 atom stereocenters. The summed E-state index contributed by atoms with van der Waals surface area (Å²) in [5.41, 5.74) is 1.94. The molecule has 136 valence electrons. The smallest absolute Gasteiger partial charge is 0.417 e. The van der Waals surface area contributed by atoms with Gasteiger partial charge in [0.05, 0.1) is 0 Å². The minimum atomic E-state index is -0.574. The molecule has 26 heavy (non-hydrogen) atoms. The number of carbonyl (C=O) groups is 2. The van der Waals surface area contributed by atoms with Gasteiger partial charge < -0.3 is 4.74 Å². The maximum absolute atomic E-state index is 13.0. The first-order valence-corrected chi connectivity index (χ1v) is 8.85. The van der Waals surface area contributed by atoms with Crippen LogP contribution in [0.2, 0.25) is 0 Å². The fourth-order valence-electron chi connectivity index (χ4n) is 3.26. The maximum Gasteiger partial charge on any atom is 0.417 e. The summed E-state index contributed by atoms with van der Waals surface area (Å²) in [5, 5.41) is 0. The molecule has 0 aliphatic carbocycles. The molecule has 3 rings (SSSR count). The van der Waals surface area contributed by atoms with E-state index in [0.717, 1.165) is 17.5 Å². The first-order chi connectivity index (χ1) is 12.6. The minimum absolute atomic E-state index is 0.195. The minimum Gasteiger partial charge on any atom is -0.446 e. The number of rotatable bonds is 6. The molecule has 1 heterocycles. The molecule has 2 aromatic rings. The maximum atomic E-state index is 13.0. The van der Waals surface area contributed by atoms with E-state index in [1.165, 1.54) is 17.0 Å². The molecule has 0 N–H and O–H groups in total. The second-order valence-electron chi connectivity index (χ2n) is 6.61. The average molecular weight is 355 g/mol. The molecule has 2 amide bonds. The van der Waals surface area contributed by atoms with E-state index < -0.39 is 6.09 Å². The zero-order chi connectivity index (χ0) is 18.5. The number of hydrogen-bond acceptors (Lipinski definition) is 3. The van der Waals surface area contributed by atoms with Gasteiger partial charge in [0.15, 0.2) is 0 Å². The van der Waals surface area contributed by atoms with Gasteiger partial charge in [-0.1, -0.05) is 49.4 Å². The van der Waals surface area contributed by atoms with Crippen LogP contribution >= 0.6 is 0 Å². The van der Waals surface area contributed by atoms with Crippen molar-refractivity contribution >= 4 is 12.0 Å². The molecular formula is C21H22FNO3. The van der Waals surface area contributed by atoms with Crippen molar-refractivity contribution in [2.45, 2.75) is 38.1 Å². The number of cyclic esters (lactones) is 1. The number of carbonyl (C=O) groups excluding carboxylic acids is 2. The van der Waals surface area contributed by atoms with Crippen LogP contribution in [0.25, 0.3) is 0 Å². The first-order valence-electron chi connectivity index (χ1n) is 8.85. The van der Waals surface area contributed by atoms with Gasteiger partial charge >= 0.3 is 6.09 Å². The van der Waals surface area contributed by atoms with Crippen LogP contribution in [0, 0.1) is 5.82 Å². The Balaban J connectivity index is 1.56. The van der Waals surface area contributed by atoms with Crippen molar-refractivity contribution in [3.8, 4) is 0 Å². The van der Waals surface area contributed by atoms with Crippen molar-refractivity contribution in [3.63, 3.8) is 0 Å². The number of nitrogens with zero attached hydrogens (tertiary/aromatic N) is 1. The lowest BCUT2D eigenvalue weighted by Gasteiger charge is -2.20. The van der Waals surface area contributed by atoms with Gasteiger partial charge in [0.25, 0.3) is 0 Å². The number of imide groups is 1. The Morgan fingerprint density at radius 1 is 1.19 bits per heavy atom. The quantitative estimate of drug-likeness (QED) is 0.746. The highest BCUT2D eigenvalue weighted by Gasteiger charge is 2.38. The number of benzene rings is 2. The van der Waals surface area contributed by atoms with Gasteiger partial charge in [-0.25, -0.2) is 14.1 Å². The van der Waals surface area contributed by atoms with Crippen molar-refractivity contribution in [2.75, 3.05) is 6.61 Å². The molecule has 0 aromatic heterocycles. The number of hydrogen-bond donors (Lipinski definition) is 0. The molecule has 1 fully saturated rings. The lowest BCUT2D eigenvalue weighted by Crippen LogP contribution is -2.34. The van der Waals surface area contributed by atoms with Gasteiger partial charge in [-0.05, 0) is 42.0 Å². The van der Waals surface area contributed by atoms with E-state index in [1.54, 1.807) is 12.1 Å². The SMILES string of the molecule is CC(CCCC(=O)N1C(=O)OCC1c1ccccc1)c1ccc(F)cc1. The number of ether oxygens (including phenoxy) is 1. The Kier molecular flexibility index (Phi) is 5.66. The van der Waals surface area contributed by atoms with E-state index in [9.17, 15) is 14.0 Å². The molecule has 0 radical (unpaired) electrons. The van der Waals surface area contributed by atoms with Crippen LogP contribution in [0.15, 0.2) is 54.6 Å². The van der Waals surface area contributed by atoms with Crippen LogP contribution in [-0.2, 0) is 9.53 Å². The van der Waals surface area contributed by atoms with Crippen molar-refractivity contribution < 1.29 is 18.7 Å². The zero-order valence-corrected chi connectivity index (χ0v) is 14.7. The van der Waals surface area contributed by atoms with E-state index in [4.69, 9.17) is 4.74 Å². The summed E-state index contributed by atoms with van der Waals surface area (Å²) in [4.78, 5) is 25.8. The summed E-state index contributed by atoms with van der Waals surface area (Å²) in [7, 11) is 0. The van der Waals surface area contributed by atoms with Gasteiger partial charge in [-0.3, -0.25) is 4.79 Å². The van der Waals surface area contributed by atoms with Crippen molar-refractivity contribution in [1.82, 2.24) is 4.90 Å². The molecule has 2 unspecified atom stereocenters. The summed E-state index contributed by atoms with van der Waals surface area (Å²) in [6.45, 7) is 2.25. The lowest BCUT2D eigenvalue weighted by molar-refractivity contribution is -0.129. The van der Waals surface area contributed by atoms with Crippen LogP contribution in [-0.4, -0.2) is 23.5 Å². The highest BCUT2D eigenvalue weighted by atomic mass is 19.1. The molecule has 0 bridgehead atoms. The van der Waals surface area contributed by atoms with Gasteiger partial charge in [-0.15, -0.1) is 0 Å². The van der Waals surface area contributed by atoms with E-state index in [-0.39, 0.29) is 36.7 Å². The van der Waals surface area contributed by atoms with Gasteiger partial charge in [0.1, 0.15) is 18.5 Å². The molecule has 0 saturated carbocycles. The molecule has 2 aromatic carbocycles. The largest absolute Gasteiger partial charge is 0.446 e. The Morgan fingerprint density at radius 2 is 1.88 bits per heavy atom. The van der Waals surface area contributed by atoms with Crippen molar-refractivity contribution in [1.29, 1.82) is 0 Å². The molecule has 5 heteroatoms. The molecular weight excluding hydrogens is 333 g/mol. The van der Waals surface area contributed by atoms with Crippen LogP contribution in [0.1, 0.15) is 49.3 Å². The zero-order valence-electron chi connectivity index (χ0n) is 14.7. The molecule has 1 aliphatic heterocycles. The fourth-order valence-corrected chi connectivity index (χ4v) is 3.26. The predicted molar refractivity (Wildman–Crippen MR) is 96.0 cm³/mol. The van der Waals surface area contributed by atoms with Crippen molar-refractivity contribution in [3.05, 3.63) is 71.5 Å². The summed E-state index contributed by atoms with van der Waals surface area (Å²) in [5.74, 6) is -0.248. The average Bonchev–Trinajstić information content (AvgIpc) is 3.04. The highest BCUT2D eigenvalue weighted by molar-refractivity contribution is 5.93. The Hall–Kier alpha value is -2.69. The van der Waals surface area contributed by atoms with E-state index >= 15 is 0 Å². The van der Waals surface area contributed by atoms with Crippen LogP contribution in [0.3, 0.4) is 0 Å². The van der Waals surface area contributed by atoms with Crippen LogP contribution < -0.4 is 0 Å². The standard InChI is InChI=1S/C21H22FNO3/c1-15(16-10-12-18(22)13-11-16)6-5-9-20(24)23-19(14-26-21(23)25)17-7-3-2-4-8-17/h2-4,7-8,10-13,15,19H,5-6,9,14H2,1H3. The Labute approximate surface area is 152 Å². The number of amides is 2. The van der Waals surface area contributed by atoms with E-state index in [2.05, 4.69) is 6.92 Å². The third-order valence-electron chi connectivity index (χ3n) is 4.79. The van der Waals surface area contributed by atoms with Crippen molar-refractivity contribution in [2.24, 2.45) is 0 Å².